The summed E-state index contributed by atoms with van der Waals surface area (Å²) in [6, 6.07) is 39.6. The van der Waals surface area contributed by atoms with Crippen molar-refractivity contribution in [2.75, 3.05) is 0 Å². The highest BCUT2D eigenvalue weighted by Crippen LogP contribution is 2.56. The molecule has 0 spiro atoms. The number of rotatable bonds is 6. The molecular weight excluding hydrogens is 452 g/mol. The van der Waals surface area contributed by atoms with E-state index in [-0.39, 0.29) is 5.75 Å². The largest absolute Gasteiger partial charge is 0.508 e. The van der Waals surface area contributed by atoms with Gasteiger partial charge in [0.15, 0.2) is 0 Å². The molecule has 0 saturated heterocycles. The van der Waals surface area contributed by atoms with Crippen LogP contribution in [-0.2, 0) is 24.7 Å². The van der Waals surface area contributed by atoms with Crippen LogP contribution in [0.5, 0.6) is 11.5 Å². The lowest BCUT2D eigenvalue weighted by Gasteiger charge is -2.34. The number of fused-ring (bicyclic) bond motifs is 3. The fourth-order valence-corrected chi connectivity index (χ4v) is 5.97. The highest BCUT2D eigenvalue weighted by Gasteiger charge is 2.46. The van der Waals surface area contributed by atoms with Crippen LogP contribution < -0.4 is 0 Å². The molecule has 0 aromatic heterocycles. The molecular formula is C35H30O2. The molecule has 0 heterocycles. The molecule has 0 amide bonds. The van der Waals surface area contributed by atoms with Gasteiger partial charge in [-0.2, -0.15) is 0 Å². The Balaban J connectivity index is 1.52. The molecule has 2 nitrogen and oxygen atoms in total. The molecule has 0 aliphatic heterocycles. The second kappa shape index (κ2) is 9.29. The van der Waals surface area contributed by atoms with E-state index in [2.05, 4.69) is 91.9 Å². The fourth-order valence-electron chi connectivity index (χ4n) is 5.97. The molecule has 0 fully saturated rings. The zero-order chi connectivity index (χ0) is 25.4. The minimum absolute atomic E-state index is 0.249. The second-order valence-electron chi connectivity index (χ2n) is 9.90. The Kier molecular flexibility index (Phi) is 5.81. The highest BCUT2D eigenvalue weighted by atomic mass is 16.3. The number of hydrogen-bond acceptors (Lipinski definition) is 2. The van der Waals surface area contributed by atoms with E-state index in [0.717, 1.165) is 36.0 Å². The van der Waals surface area contributed by atoms with E-state index in [4.69, 9.17) is 0 Å². The summed E-state index contributed by atoms with van der Waals surface area (Å²) in [6.07, 6.45) is 2.64. The van der Waals surface area contributed by atoms with E-state index in [1.54, 1.807) is 12.1 Å². The minimum Gasteiger partial charge on any atom is -0.508 e. The number of hydrogen-bond donors (Lipinski definition) is 2. The van der Waals surface area contributed by atoms with E-state index in [1.807, 2.05) is 18.2 Å². The Labute approximate surface area is 218 Å². The molecule has 0 atom stereocenters. The standard InChI is InChI=1S/C35H30O2/c1-2-24-11-13-25(14-12-24)15-16-26-23-28(19-22-34(26)37)35(27-17-20-29(36)21-18-27)32-9-5-3-7-30(32)31-8-4-6-10-33(31)35/h3-14,17-23,36-37H,2,15-16H2,1H3. The normalized spacial score (nSPS) is 13.2. The van der Waals surface area contributed by atoms with Gasteiger partial charge in [0.1, 0.15) is 11.5 Å². The van der Waals surface area contributed by atoms with Gasteiger partial charge in [0.25, 0.3) is 0 Å². The van der Waals surface area contributed by atoms with Crippen molar-refractivity contribution in [3.8, 4) is 22.6 Å². The third-order valence-electron chi connectivity index (χ3n) is 7.88. The van der Waals surface area contributed by atoms with Crippen LogP contribution in [0.3, 0.4) is 0 Å². The fraction of sp³-hybridized carbons (Fsp3) is 0.143. The van der Waals surface area contributed by atoms with Crippen LogP contribution in [0.15, 0.2) is 115 Å². The van der Waals surface area contributed by atoms with Gasteiger partial charge in [0.05, 0.1) is 5.41 Å². The summed E-state index contributed by atoms with van der Waals surface area (Å²) < 4.78 is 0. The van der Waals surface area contributed by atoms with Crippen LogP contribution >= 0.6 is 0 Å². The summed E-state index contributed by atoms with van der Waals surface area (Å²) in [6.45, 7) is 2.17. The Hall–Kier alpha value is -4.30. The maximum atomic E-state index is 10.9. The lowest BCUT2D eigenvalue weighted by atomic mass is 9.67. The van der Waals surface area contributed by atoms with Gasteiger partial charge in [-0.05, 0) is 87.5 Å². The van der Waals surface area contributed by atoms with Gasteiger partial charge < -0.3 is 10.2 Å². The molecule has 0 unspecified atom stereocenters. The van der Waals surface area contributed by atoms with Crippen LogP contribution in [0.4, 0.5) is 0 Å². The van der Waals surface area contributed by atoms with E-state index in [9.17, 15) is 10.2 Å². The molecule has 0 bridgehead atoms. The molecule has 37 heavy (non-hydrogen) atoms. The molecule has 2 heteroatoms. The van der Waals surface area contributed by atoms with Crippen molar-refractivity contribution < 1.29 is 10.2 Å². The van der Waals surface area contributed by atoms with Gasteiger partial charge in [-0.15, -0.1) is 0 Å². The van der Waals surface area contributed by atoms with Crippen molar-refractivity contribution >= 4 is 0 Å². The first kappa shape index (κ1) is 23.1. The predicted octanol–water partition coefficient (Wildman–Crippen LogP) is 7.81. The van der Waals surface area contributed by atoms with Crippen molar-refractivity contribution in [3.63, 3.8) is 0 Å². The molecule has 6 rings (SSSR count). The number of aromatic hydroxyl groups is 2. The Morgan fingerprint density at radius 1 is 0.568 bits per heavy atom. The number of phenolic OH excluding ortho intramolecular Hbond substituents is 2. The average Bonchev–Trinajstić information content (AvgIpc) is 3.25. The predicted molar refractivity (Wildman–Crippen MR) is 150 cm³/mol. The highest BCUT2D eigenvalue weighted by molar-refractivity contribution is 5.86. The van der Waals surface area contributed by atoms with Gasteiger partial charge in [0, 0.05) is 0 Å². The maximum Gasteiger partial charge on any atom is 0.118 e. The molecule has 2 N–H and O–H groups in total. The summed E-state index contributed by atoms with van der Waals surface area (Å²) in [5, 5.41) is 21.0. The monoisotopic (exact) mass is 482 g/mol. The third-order valence-corrected chi connectivity index (χ3v) is 7.88. The van der Waals surface area contributed by atoms with Gasteiger partial charge >= 0.3 is 0 Å². The SMILES string of the molecule is CCc1ccc(CCc2cc(C3(c4ccc(O)cc4)c4ccccc4-c4ccccc43)ccc2O)cc1. The van der Waals surface area contributed by atoms with E-state index < -0.39 is 5.41 Å². The Bertz CT molecular complexity index is 1520. The topological polar surface area (TPSA) is 40.5 Å². The van der Waals surface area contributed by atoms with Crippen molar-refractivity contribution in [2.24, 2.45) is 0 Å². The van der Waals surface area contributed by atoms with E-state index in [0.29, 0.717) is 5.75 Å². The summed E-state index contributed by atoms with van der Waals surface area (Å²) >= 11 is 0. The zero-order valence-electron chi connectivity index (χ0n) is 21.0. The first-order valence-corrected chi connectivity index (χ1v) is 13.0. The molecule has 1 aliphatic rings. The molecule has 0 radical (unpaired) electrons. The quantitative estimate of drug-likeness (QED) is 0.254. The van der Waals surface area contributed by atoms with Crippen LogP contribution in [0.2, 0.25) is 0 Å². The van der Waals surface area contributed by atoms with Gasteiger partial charge in [-0.1, -0.05) is 104 Å². The van der Waals surface area contributed by atoms with Crippen molar-refractivity contribution in [3.05, 3.63) is 154 Å². The van der Waals surface area contributed by atoms with Crippen LogP contribution in [0.25, 0.3) is 11.1 Å². The van der Waals surface area contributed by atoms with Crippen molar-refractivity contribution in [2.45, 2.75) is 31.6 Å². The second-order valence-corrected chi connectivity index (χ2v) is 9.90. The number of aryl methyl sites for hydroxylation is 3. The van der Waals surface area contributed by atoms with E-state index >= 15 is 0 Å². The van der Waals surface area contributed by atoms with Crippen LogP contribution in [-0.4, -0.2) is 10.2 Å². The summed E-state index contributed by atoms with van der Waals surface area (Å²) in [5.41, 5.74) is 10.1. The summed E-state index contributed by atoms with van der Waals surface area (Å²) in [4.78, 5) is 0. The van der Waals surface area contributed by atoms with Gasteiger partial charge in [0.2, 0.25) is 0 Å². The lowest BCUT2D eigenvalue weighted by molar-refractivity contribution is 0.467. The molecule has 182 valence electrons. The maximum absolute atomic E-state index is 10.9. The molecule has 1 aliphatic carbocycles. The van der Waals surface area contributed by atoms with Crippen molar-refractivity contribution in [1.82, 2.24) is 0 Å². The van der Waals surface area contributed by atoms with Crippen LogP contribution in [0, 0.1) is 0 Å². The first-order chi connectivity index (χ1) is 18.1. The minimum atomic E-state index is -0.549. The lowest BCUT2D eigenvalue weighted by Crippen LogP contribution is -2.28. The van der Waals surface area contributed by atoms with Gasteiger partial charge in [-0.3, -0.25) is 0 Å². The van der Waals surface area contributed by atoms with Gasteiger partial charge in [-0.25, -0.2) is 0 Å². The first-order valence-electron chi connectivity index (χ1n) is 13.0. The summed E-state index contributed by atoms with van der Waals surface area (Å²) in [5.74, 6) is 0.577. The Morgan fingerprint density at radius 2 is 1.14 bits per heavy atom. The number of phenols is 2. The molecule has 0 saturated carbocycles. The molecule has 5 aromatic rings. The summed E-state index contributed by atoms with van der Waals surface area (Å²) in [7, 11) is 0. The number of benzene rings is 5. The van der Waals surface area contributed by atoms with E-state index in [1.165, 1.54) is 33.4 Å². The van der Waals surface area contributed by atoms with Crippen LogP contribution in [0.1, 0.15) is 45.9 Å². The van der Waals surface area contributed by atoms with Crippen molar-refractivity contribution in [1.29, 1.82) is 0 Å². The zero-order valence-corrected chi connectivity index (χ0v) is 21.0. The smallest absolute Gasteiger partial charge is 0.118 e. The molecule has 5 aromatic carbocycles. The Morgan fingerprint density at radius 3 is 1.76 bits per heavy atom. The third kappa shape index (κ3) is 3.81. The average molecular weight is 483 g/mol.